The van der Waals surface area contributed by atoms with E-state index in [1.54, 1.807) is 20.0 Å². The summed E-state index contributed by atoms with van der Waals surface area (Å²) < 4.78 is 5.48. The quantitative estimate of drug-likeness (QED) is 0.309. The van der Waals surface area contributed by atoms with Crippen molar-refractivity contribution in [2.75, 3.05) is 18.5 Å². The van der Waals surface area contributed by atoms with Crippen LogP contribution in [-0.4, -0.2) is 57.0 Å². The maximum Gasteiger partial charge on any atom is 0.324 e. The highest BCUT2D eigenvalue weighted by molar-refractivity contribution is 8.03. The van der Waals surface area contributed by atoms with Gasteiger partial charge in [-0.3, -0.25) is 10.1 Å². The van der Waals surface area contributed by atoms with Crippen LogP contribution in [0.4, 0.5) is 9.93 Å². The molecule has 2 N–H and O–H groups in total. The summed E-state index contributed by atoms with van der Waals surface area (Å²) in [6, 6.07) is 0.477. The van der Waals surface area contributed by atoms with Crippen molar-refractivity contribution in [1.82, 2.24) is 9.88 Å². The van der Waals surface area contributed by atoms with Crippen LogP contribution in [0.1, 0.15) is 85.0 Å². The minimum absolute atomic E-state index is 0.0569. The molecule has 0 saturated heterocycles. The summed E-state index contributed by atoms with van der Waals surface area (Å²) >= 11 is 2.60. The fourth-order valence-electron chi connectivity index (χ4n) is 4.86. The Bertz CT molecular complexity index is 770. The van der Waals surface area contributed by atoms with Gasteiger partial charge < -0.3 is 14.7 Å². The molecule has 1 aromatic heterocycles. The summed E-state index contributed by atoms with van der Waals surface area (Å²) in [5.74, 6) is -0.276. The third-order valence-electron chi connectivity index (χ3n) is 6.79. The average Bonchev–Trinajstić information content (AvgIpc) is 3.03. The van der Waals surface area contributed by atoms with E-state index in [0.717, 1.165) is 55.9 Å². The zero-order valence-corrected chi connectivity index (χ0v) is 21.8. The van der Waals surface area contributed by atoms with Gasteiger partial charge in [0.1, 0.15) is 4.75 Å². The van der Waals surface area contributed by atoms with Gasteiger partial charge in [0.05, 0.1) is 10.4 Å². The number of aromatic nitrogens is 1. The number of anilines is 1. The minimum atomic E-state index is -0.944. The molecule has 33 heavy (non-hydrogen) atoms. The van der Waals surface area contributed by atoms with Crippen molar-refractivity contribution in [2.45, 2.75) is 106 Å². The Balaban J connectivity index is 1.67. The molecule has 0 unspecified atom stereocenters. The van der Waals surface area contributed by atoms with Crippen LogP contribution >= 0.6 is 23.1 Å². The Hall–Kier alpha value is -1.32. The zero-order valence-electron chi connectivity index (χ0n) is 20.2. The highest BCUT2D eigenvalue weighted by Gasteiger charge is 2.35. The van der Waals surface area contributed by atoms with Crippen LogP contribution < -0.4 is 5.32 Å². The SMILES string of the molecule is CCOCC1CCC(N(C(=O)Nc2ncc(SC(C)(C)C(=O)O)s2)C2CCCCCC2)CC1. The van der Waals surface area contributed by atoms with Crippen molar-refractivity contribution in [3.63, 3.8) is 0 Å². The number of aliphatic carboxylic acids is 1. The van der Waals surface area contributed by atoms with Crippen molar-refractivity contribution >= 4 is 40.2 Å². The van der Waals surface area contributed by atoms with Crippen LogP contribution in [0.3, 0.4) is 0 Å². The molecule has 1 aromatic rings. The highest BCUT2D eigenvalue weighted by Crippen LogP contribution is 2.38. The van der Waals surface area contributed by atoms with Gasteiger partial charge in [-0.15, -0.1) is 0 Å². The second-order valence-electron chi connectivity index (χ2n) is 9.72. The molecule has 7 nitrogen and oxygen atoms in total. The molecule has 0 spiro atoms. The van der Waals surface area contributed by atoms with Crippen molar-refractivity contribution in [3.8, 4) is 0 Å². The molecule has 2 saturated carbocycles. The Kier molecular flexibility index (Phi) is 9.88. The first-order chi connectivity index (χ1) is 15.8. The number of ether oxygens (including phenoxy) is 1. The number of carbonyl (C=O) groups excluding carboxylic acids is 1. The molecule has 3 rings (SSSR count). The van der Waals surface area contributed by atoms with Crippen molar-refractivity contribution < 1.29 is 19.4 Å². The van der Waals surface area contributed by atoms with E-state index in [2.05, 4.69) is 15.2 Å². The Labute approximate surface area is 206 Å². The van der Waals surface area contributed by atoms with Crippen molar-refractivity contribution in [1.29, 1.82) is 0 Å². The monoisotopic (exact) mass is 497 g/mol. The molecular formula is C24H39N3O4S2. The van der Waals surface area contributed by atoms with E-state index in [-0.39, 0.29) is 18.1 Å². The van der Waals surface area contributed by atoms with Crippen LogP contribution in [0.2, 0.25) is 0 Å². The van der Waals surface area contributed by atoms with Gasteiger partial charge in [0.25, 0.3) is 0 Å². The molecule has 186 valence electrons. The van der Waals surface area contributed by atoms with Crippen molar-refractivity contribution in [2.24, 2.45) is 5.92 Å². The summed E-state index contributed by atoms with van der Waals surface area (Å²) in [7, 11) is 0. The second-order valence-corrected chi connectivity index (χ2v) is 12.7. The Morgan fingerprint density at radius 3 is 2.39 bits per heavy atom. The van der Waals surface area contributed by atoms with E-state index < -0.39 is 10.7 Å². The maximum absolute atomic E-state index is 13.5. The number of nitrogens with one attached hydrogen (secondary N) is 1. The number of thioether (sulfide) groups is 1. The Morgan fingerprint density at radius 1 is 1.15 bits per heavy atom. The lowest BCUT2D eigenvalue weighted by Gasteiger charge is -2.41. The van der Waals surface area contributed by atoms with Gasteiger partial charge in [-0.2, -0.15) is 0 Å². The lowest BCUT2D eigenvalue weighted by molar-refractivity contribution is -0.138. The van der Waals surface area contributed by atoms with Gasteiger partial charge in [-0.1, -0.05) is 48.8 Å². The first-order valence-corrected chi connectivity index (χ1v) is 14.0. The number of hydrogen-bond acceptors (Lipinski definition) is 6. The molecule has 9 heteroatoms. The summed E-state index contributed by atoms with van der Waals surface area (Å²) in [5.41, 5.74) is 0. The zero-order chi connectivity index (χ0) is 23.8. The highest BCUT2D eigenvalue weighted by atomic mass is 32.2. The molecule has 2 amide bonds. The lowest BCUT2D eigenvalue weighted by atomic mass is 9.85. The third-order valence-corrected chi connectivity index (χ3v) is 8.99. The predicted molar refractivity (Wildman–Crippen MR) is 134 cm³/mol. The van der Waals surface area contributed by atoms with E-state index in [1.807, 2.05) is 6.92 Å². The second kappa shape index (κ2) is 12.4. The number of hydrogen-bond donors (Lipinski definition) is 2. The number of rotatable bonds is 9. The number of carboxylic acids is 1. The van der Waals surface area contributed by atoms with Gasteiger partial charge in [-0.05, 0) is 65.2 Å². The summed E-state index contributed by atoms with van der Waals surface area (Å²) in [5, 5.41) is 13.0. The predicted octanol–water partition coefficient (Wildman–Crippen LogP) is 6.25. The molecule has 0 aliphatic heterocycles. The fourth-order valence-corrected chi connectivity index (χ4v) is 7.12. The smallest absolute Gasteiger partial charge is 0.324 e. The number of urea groups is 1. The summed E-state index contributed by atoms with van der Waals surface area (Å²) in [6.07, 6.45) is 12.9. The topological polar surface area (TPSA) is 91.8 Å². The molecule has 0 radical (unpaired) electrons. The largest absolute Gasteiger partial charge is 0.480 e. The van der Waals surface area contributed by atoms with Gasteiger partial charge in [0.15, 0.2) is 5.13 Å². The van der Waals surface area contributed by atoms with E-state index in [1.165, 1.54) is 48.8 Å². The number of carboxylic acid groups (broad SMARTS) is 1. The number of nitrogens with zero attached hydrogens (tertiary/aromatic N) is 2. The van der Waals surface area contributed by atoms with E-state index >= 15 is 0 Å². The van der Waals surface area contributed by atoms with Crippen LogP contribution in [0, 0.1) is 5.92 Å². The molecule has 0 bridgehead atoms. The number of amides is 2. The molecule has 2 fully saturated rings. The number of thiazole rings is 1. The first kappa shape index (κ1) is 26.3. The molecule has 1 heterocycles. The first-order valence-electron chi connectivity index (χ1n) is 12.4. The summed E-state index contributed by atoms with van der Waals surface area (Å²) in [6.45, 7) is 6.97. The van der Waals surface area contributed by atoms with E-state index in [0.29, 0.717) is 11.0 Å². The van der Waals surface area contributed by atoms with Gasteiger partial charge >= 0.3 is 12.0 Å². The molecule has 0 aromatic carbocycles. The van der Waals surface area contributed by atoms with Crippen LogP contribution in [-0.2, 0) is 9.53 Å². The molecule has 0 atom stereocenters. The fraction of sp³-hybridized carbons (Fsp3) is 0.792. The van der Waals surface area contributed by atoms with E-state index in [4.69, 9.17) is 4.74 Å². The Morgan fingerprint density at radius 2 is 1.79 bits per heavy atom. The van der Waals surface area contributed by atoms with Crippen LogP contribution in [0.25, 0.3) is 0 Å². The lowest BCUT2D eigenvalue weighted by Crippen LogP contribution is -2.50. The van der Waals surface area contributed by atoms with Crippen molar-refractivity contribution in [3.05, 3.63) is 6.20 Å². The molecular weight excluding hydrogens is 458 g/mol. The summed E-state index contributed by atoms with van der Waals surface area (Å²) in [4.78, 5) is 31.5. The maximum atomic E-state index is 13.5. The van der Waals surface area contributed by atoms with Gasteiger partial charge in [0, 0.05) is 25.3 Å². The van der Waals surface area contributed by atoms with Crippen LogP contribution in [0.5, 0.6) is 0 Å². The van der Waals surface area contributed by atoms with Gasteiger partial charge in [-0.25, -0.2) is 9.78 Å². The van der Waals surface area contributed by atoms with E-state index in [9.17, 15) is 14.7 Å². The number of carbonyl (C=O) groups is 2. The standard InChI is InChI=1S/C24H39N3O4S2/c1-4-31-16-17-11-13-19(14-12-17)27(18-9-7-5-6-8-10-18)23(30)26-22-25-15-20(32-22)33-24(2,3)21(28)29/h15,17-19H,4-14,16H2,1-3H3,(H,28,29)(H,25,26,30). The normalized spacial score (nSPS) is 22.5. The molecule has 2 aliphatic carbocycles. The third kappa shape index (κ3) is 7.59. The van der Waals surface area contributed by atoms with Gasteiger partial charge in [0.2, 0.25) is 0 Å². The molecule has 2 aliphatic rings. The minimum Gasteiger partial charge on any atom is -0.480 e. The van der Waals surface area contributed by atoms with Crippen LogP contribution in [0.15, 0.2) is 10.4 Å². The average molecular weight is 498 g/mol.